The number of primary amides is 1. The lowest BCUT2D eigenvalue weighted by atomic mass is 10.3. The summed E-state index contributed by atoms with van der Waals surface area (Å²) in [5.74, 6) is -1.07. The molecule has 0 saturated heterocycles. The first-order valence-electron chi connectivity index (χ1n) is 4.24. The molecule has 0 aliphatic heterocycles. The van der Waals surface area contributed by atoms with E-state index in [0.717, 1.165) is 6.33 Å². The highest BCUT2D eigenvalue weighted by molar-refractivity contribution is 5.83. The van der Waals surface area contributed by atoms with Crippen LogP contribution in [0.4, 0.5) is 17.3 Å². The summed E-state index contributed by atoms with van der Waals surface area (Å²) in [5, 5.41) is 13.2. The van der Waals surface area contributed by atoms with Crippen molar-refractivity contribution in [3.8, 4) is 0 Å². The number of amides is 1. The Morgan fingerprint density at radius 2 is 2.25 bits per heavy atom. The third-order valence-corrected chi connectivity index (χ3v) is 1.81. The zero-order valence-electron chi connectivity index (χ0n) is 8.38. The van der Waals surface area contributed by atoms with E-state index in [0.29, 0.717) is 0 Å². The van der Waals surface area contributed by atoms with Crippen LogP contribution in [0.15, 0.2) is 6.33 Å². The van der Waals surface area contributed by atoms with Gasteiger partial charge in [0.05, 0.1) is 4.92 Å². The molecule has 5 N–H and O–H groups in total. The second-order valence-electron chi connectivity index (χ2n) is 2.98. The predicted octanol–water partition coefficient (Wildman–Crippen LogP) is -0.747. The normalized spacial score (nSPS) is 11.8. The number of hydrogen-bond donors (Lipinski definition) is 3. The summed E-state index contributed by atoms with van der Waals surface area (Å²) in [6.45, 7) is 1.45. The molecular weight excluding hydrogens is 216 g/mol. The Hall–Kier alpha value is -2.45. The van der Waals surface area contributed by atoms with Crippen molar-refractivity contribution in [2.45, 2.75) is 13.0 Å². The average Bonchev–Trinajstić information content (AvgIpc) is 2.16. The van der Waals surface area contributed by atoms with E-state index in [4.69, 9.17) is 11.5 Å². The smallest absolute Gasteiger partial charge is 0.353 e. The maximum absolute atomic E-state index is 10.8. The van der Waals surface area contributed by atoms with Gasteiger partial charge in [0.1, 0.15) is 12.4 Å². The van der Waals surface area contributed by atoms with Gasteiger partial charge in [-0.25, -0.2) is 9.97 Å². The van der Waals surface area contributed by atoms with E-state index >= 15 is 0 Å². The zero-order chi connectivity index (χ0) is 12.3. The fourth-order valence-electron chi connectivity index (χ4n) is 0.954. The van der Waals surface area contributed by atoms with Gasteiger partial charge in [-0.15, -0.1) is 0 Å². The first kappa shape index (κ1) is 11.6. The molecule has 0 aromatic carbocycles. The van der Waals surface area contributed by atoms with Gasteiger partial charge < -0.3 is 16.8 Å². The third-order valence-electron chi connectivity index (χ3n) is 1.81. The van der Waals surface area contributed by atoms with Gasteiger partial charge >= 0.3 is 5.69 Å². The molecule has 16 heavy (non-hydrogen) atoms. The third kappa shape index (κ3) is 2.32. The number of carbonyl (C=O) groups is 1. The molecule has 0 aliphatic carbocycles. The molecule has 1 aromatic rings. The van der Waals surface area contributed by atoms with Crippen LogP contribution in [-0.4, -0.2) is 26.8 Å². The Morgan fingerprint density at radius 1 is 1.62 bits per heavy atom. The van der Waals surface area contributed by atoms with Crippen LogP contribution in [0.25, 0.3) is 0 Å². The molecule has 1 rings (SSSR count). The molecule has 0 fully saturated rings. The first-order valence-corrected chi connectivity index (χ1v) is 4.24. The van der Waals surface area contributed by atoms with Gasteiger partial charge in [0.15, 0.2) is 0 Å². The van der Waals surface area contributed by atoms with Crippen LogP contribution < -0.4 is 16.8 Å². The van der Waals surface area contributed by atoms with Crippen molar-refractivity contribution in [3.05, 3.63) is 16.4 Å². The quantitative estimate of drug-likeness (QED) is 0.451. The summed E-state index contributed by atoms with van der Waals surface area (Å²) in [6, 6.07) is -0.798. The number of rotatable bonds is 4. The van der Waals surface area contributed by atoms with Crippen LogP contribution in [-0.2, 0) is 4.79 Å². The number of anilines is 2. The molecule has 86 valence electrons. The van der Waals surface area contributed by atoms with E-state index in [1.165, 1.54) is 6.92 Å². The minimum absolute atomic E-state index is 0.135. The van der Waals surface area contributed by atoms with Crippen molar-refractivity contribution in [1.29, 1.82) is 0 Å². The summed E-state index contributed by atoms with van der Waals surface area (Å²) in [5.41, 5.74) is 9.85. The van der Waals surface area contributed by atoms with Gasteiger partial charge in [0, 0.05) is 0 Å². The van der Waals surface area contributed by atoms with Crippen LogP contribution in [0.3, 0.4) is 0 Å². The number of nitro groups is 1. The maximum atomic E-state index is 10.8. The van der Waals surface area contributed by atoms with E-state index in [-0.39, 0.29) is 11.6 Å². The number of nitrogens with one attached hydrogen (secondary N) is 1. The molecule has 0 bridgehead atoms. The number of aromatic nitrogens is 2. The zero-order valence-corrected chi connectivity index (χ0v) is 8.38. The summed E-state index contributed by atoms with van der Waals surface area (Å²) >= 11 is 0. The summed E-state index contributed by atoms with van der Waals surface area (Å²) < 4.78 is 0. The number of nitrogens with two attached hydrogens (primary N) is 2. The Labute approximate surface area is 90.0 Å². The molecule has 0 radical (unpaired) electrons. The predicted molar refractivity (Wildman–Crippen MR) is 55.4 cm³/mol. The van der Waals surface area contributed by atoms with Gasteiger partial charge in [-0.3, -0.25) is 14.9 Å². The van der Waals surface area contributed by atoms with Gasteiger partial charge in [0.25, 0.3) is 0 Å². The summed E-state index contributed by atoms with van der Waals surface area (Å²) in [7, 11) is 0. The molecule has 9 heteroatoms. The second kappa shape index (κ2) is 4.38. The molecule has 9 nitrogen and oxygen atoms in total. The Kier molecular flexibility index (Phi) is 3.18. The Morgan fingerprint density at radius 3 is 2.75 bits per heavy atom. The number of carbonyl (C=O) groups excluding carboxylic acids is 1. The van der Waals surface area contributed by atoms with Crippen LogP contribution in [0, 0.1) is 10.1 Å². The molecule has 1 atom stereocenters. The molecule has 0 saturated carbocycles. The molecule has 1 heterocycles. The van der Waals surface area contributed by atoms with E-state index in [2.05, 4.69) is 15.3 Å². The van der Waals surface area contributed by atoms with Crippen LogP contribution in [0.2, 0.25) is 0 Å². The van der Waals surface area contributed by atoms with Crippen LogP contribution >= 0.6 is 0 Å². The fourth-order valence-corrected chi connectivity index (χ4v) is 0.954. The monoisotopic (exact) mass is 226 g/mol. The van der Waals surface area contributed by atoms with Gasteiger partial charge in [-0.05, 0) is 6.92 Å². The van der Waals surface area contributed by atoms with E-state index in [1.807, 2.05) is 0 Å². The highest BCUT2D eigenvalue weighted by Crippen LogP contribution is 2.26. The molecule has 0 aliphatic rings. The lowest BCUT2D eigenvalue weighted by Crippen LogP contribution is -2.33. The highest BCUT2D eigenvalue weighted by atomic mass is 16.6. The van der Waals surface area contributed by atoms with E-state index < -0.39 is 22.6 Å². The van der Waals surface area contributed by atoms with Gasteiger partial charge in [0.2, 0.25) is 17.5 Å². The van der Waals surface area contributed by atoms with Crippen molar-refractivity contribution in [3.63, 3.8) is 0 Å². The van der Waals surface area contributed by atoms with Crippen molar-refractivity contribution in [2.75, 3.05) is 11.1 Å². The Bertz CT molecular complexity index is 434. The van der Waals surface area contributed by atoms with Gasteiger partial charge in [-0.2, -0.15) is 0 Å². The van der Waals surface area contributed by atoms with Crippen molar-refractivity contribution in [1.82, 2.24) is 9.97 Å². The minimum atomic E-state index is -0.798. The molecule has 1 amide bonds. The first-order chi connectivity index (χ1) is 7.43. The van der Waals surface area contributed by atoms with Crippen LogP contribution in [0.1, 0.15) is 6.92 Å². The lowest BCUT2D eigenvalue weighted by molar-refractivity contribution is -0.383. The highest BCUT2D eigenvalue weighted by Gasteiger charge is 2.23. The Balaban J connectivity index is 3.09. The molecule has 1 aromatic heterocycles. The summed E-state index contributed by atoms with van der Waals surface area (Å²) in [6.07, 6.45) is 1.05. The van der Waals surface area contributed by atoms with Crippen molar-refractivity contribution in [2.24, 2.45) is 5.73 Å². The van der Waals surface area contributed by atoms with Crippen LogP contribution in [0.5, 0.6) is 0 Å². The second-order valence-corrected chi connectivity index (χ2v) is 2.98. The fraction of sp³-hybridized carbons (Fsp3) is 0.286. The standard InChI is InChI=1S/C7H10N6O3/c1-3(6(9)14)12-7-4(13(15)16)5(8)10-2-11-7/h2-3H,1H3,(H2,9,14)(H3,8,10,11,12). The average molecular weight is 226 g/mol. The minimum Gasteiger partial charge on any atom is -0.378 e. The van der Waals surface area contributed by atoms with E-state index in [9.17, 15) is 14.9 Å². The maximum Gasteiger partial charge on any atom is 0.353 e. The molecular formula is C7H10N6O3. The number of nitrogen functional groups attached to an aromatic ring is 1. The van der Waals surface area contributed by atoms with Crippen molar-refractivity contribution < 1.29 is 9.72 Å². The topological polar surface area (TPSA) is 150 Å². The largest absolute Gasteiger partial charge is 0.378 e. The summed E-state index contributed by atoms with van der Waals surface area (Å²) in [4.78, 5) is 27.9. The van der Waals surface area contributed by atoms with Gasteiger partial charge in [-0.1, -0.05) is 0 Å². The van der Waals surface area contributed by atoms with E-state index in [1.54, 1.807) is 0 Å². The molecule has 0 spiro atoms. The van der Waals surface area contributed by atoms with Crippen molar-refractivity contribution >= 4 is 23.2 Å². The lowest BCUT2D eigenvalue weighted by Gasteiger charge is -2.10. The number of nitrogens with zero attached hydrogens (tertiary/aromatic N) is 3. The SMILES string of the molecule is CC(Nc1ncnc(N)c1[N+](=O)[O-])C(N)=O. The molecule has 1 unspecified atom stereocenters. The number of hydrogen-bond acceptors (Lipinski definition) is 7.